The fourth-order valence-electron chi connectivity index (χ4n) is 2.14. The summed E-state index contributed by atoms with van der Waals surface area (Å²) in [5, 5.41) is 0. The number of hydrogen-bond donors (Lipinski definition) is 0. The third-order valence-corrected chi connectivity index (χ3v) is 3.53. The first-order valence-electron chi connectivity index (χ1n) is 4.49. The van der Waals surface area contributed by atoms with Crippen molar-refractivity contribution in [1.82, 2.24) is 0 Å². The molecule has 0 N–H and O–H groups in total. The monoisotopic (exact) mass is 221 g/mol. The standard InChI is InChI=1S/C10H13.2FH.Ti/c1-2-6-9(5-1)10-7-3-4-8-10;;;/h1,5,10H,2-4,7-8H2;2*1H;. The van der Waals surface area contributed by atoms with Crippen molar-refractivity contribution >= 4 is 0 Å². The molecule has 0 unspecified atom stereocenters. The molecular formula is C10H15F2Ti. The van der Waals surface area contributed by atoms with E-state index in [9.17, 15) is 0 Å². The van der Waals surface area contributed by atoms with Crippen LogP contribution in [0.25, 0.3) is 0 Å². The second kappa shape index (κ2) is 5.72. The van der Waals surface area contributed by atoms with E-state index in [-0.39, 0.29) is 9.41 Å². The van der Waals surface area contributed by atoms with Crippen molar-refractivity contribution in [2.24, 2.45) is 5.92 Å². The Morgan fingerprint density at radius 1 is 1.15 bits per heavy atom. The summed E-state index contributed by atoms with van der Waals surface area (Å²) in [6.07, 6.45) is 11.7. The number of halogens is 2. The van der Waals surface area contributed by atoms with E-state index in [4.69, 9.17) is 0 Å². The van der Waals surface area contributed by atoms with Crippen molar-refractivity contribution in [3.05, 3.63) is 21.6 Å². The second-order valence-electron chi connectivity index (χ2n) is 3.52. The van der Waals surface area contributed by atoms with Gasteiger partial charge in [0.05, 0.1) is 0 Å². The first-order chi connectivity index (χ1) is 5.38. The van der Waals surface area contributed by atoms with E-state index < -0.39 is 0 Å². The van der Waals surface area contributed by atoms with Crippen molar-refractivity contribution in [3.63, 3.8) is 0 Å². The van der Waals surface area contributed by atoms with Crippen molar-refractivity contribution in [2.45, 2.75) is 32.1 Å². The van der Waals surface area contributed by atoms with Crippen molar-refractivity contribution < 1.29 is 29.8 Å². The maximum absolute atomic E-state index is 2.35. The molecule has 0 atom stereocenters. The average Bonchev–Trinajstić information content (AvgIpc) is 2.55. The molecule has 1 saturated carbocycles. The van der Waals surface area contributed by atoms with Crippen LogP contribution >= 0.6 is 0 Å². The molecule has 2 aliphatic rings. The van der Waals surface area contributed by atoms with E-state index in [1.54, 1.807) is 9.45 Å². The molecule has 0 aromatic carbocycles. The summed E-state index contributed by atoms with van der Waals surface area (Å²) in [6, 6.07) is 0. The molecule has 0 radical (unpaired) electrons. The van der Waals surface area contributed by atoms with Gasteiger partial charge in [-0.2, -0.15) is 0 Å². The normalized spacial score (nSPS) is 21.5. The molecule has 2 rings (SSSR count). The predicted octanol–water partition coefficient (Wildman–Crippen LogP) is 3.24. The third-order valence-electron chi connectivity index (χ3n) is 2.76. The molecule has 0 aromatic rings. The van der Waals surface area contributed by atoms with Gasteiger partial charge in [-0.15, -0.1) is 0 Å². The molecule has 0 spiro atoms. The molecule has 0 bridgehead atoms. The molecule has 0 nitrogen and oxygen atoms in total. The summed E-state index contributed by atoms with van der Waals surface area (Å²) in [7, 11) is 0. The molecule has 0 aliphatic heterocycles. The van der Waals surface area contributed by atoms with Gasteiger partial charge < -0.3 is 0 Å². The van der Waals surface area contributed by atoms with Crippen LogP contribution in [0.15, 0.2) is 21.6 Å². The minimum absolute atomic E-state index is 0. The predicted molar refractivity (Wildman–Crippen MR) is 47.7 cm³/mol. The Morgan fingerprint density at radius 3 is 2.23 bits per heavy atom. The van der Waals surface area contributed by atoms with E-state index in [0.29, 0.717) is 0 Å². The Labute approximate surface area is 89.6 Å². The van der Waals surface area contributed by atoms with Crippen LogP contribution in [0, 0.1) is 5.92 Å². The van der Waals surface area contributed by atoms with Gasteiger partial charge in [0.25, 0.3) is 0 Å². The Bertz CT molecular complexity index is 215. The Hall–Kier alpha value is 0.0543. The van der Waals surface area contributed by atoms with Gasteiger partial charge in [0, 0.05) is 0 Å². The van der Waals surface area contributed by atoms with Crippen LogP contribution in [0.4, 0.5) is 9.41 Å². The Kier molecular flexibility index (Phi) is 5.74. The zero-order valence-electron chi connectivity index (χ0n) is 7.58. The molecule has 1 fully saturated rings. The molecule has 13 heavy (non-hydrogen) atoms. The van der Waals surface area contributed by atoms with Gasteiger partial charge in [-0.05, 0) is 0 Å². The molecule has 2 aliphatic carbocycles. The minimum atomic E-state index is 0. The summed E-state index contributed by atoms with van der Waals surface area (Å²) in [4.78, 5) is 0. The summed E-state index contributed by atoms with van der Waals surface area (Å²) < 4.78 is 1.62. The Balaban J connectivity index is 0.000000720. The van der Waals surface area contributed by atoms with Gasteiger partial charge in [-0.1, -0.05) is 0 Å². The zero-order valence-corrected chi connectivity index (χ0v) is 9.15. The van der Waals surface area contributed by atoms with Gasteiger partial charge in [0.15, 0.2) is 0 Å². The van der Waals surface area contributed by atoms with Crippen LogP contribution in [0.5, 0.6) is 0 Å². The van der Waals surface area contributed by atoms with Crippen LogP contribution < -0.4 is 0 Å². The quantitative estimate of drug-likeness (QED) is 0.596. The van der Waals surface area contributed by atoms with E-state index in [0.717, 1.165) is 5.92 Å². The van der Waals surface area contributed by atoms with Crippen LogP contribution in [-0.4, -0.2) is 0 Å². The molecule has 0 heterocycles. The number of hydrogen-bond acceptors (Lipinski definition) is 0. The molecule has 3 heteroatoms. The van der Waals surface area contributed by atoms with E-state index >= 15 is 0 Å². The van der Waals surface area contributed by atoms with Crippen LogP contribution in [0.2, 0.25) is 0 Å². The molecule has 0 aromatic heterocycles. The fraction of sp³-hybridized carbons (Fsp3) is 0.600. The zero-order chi connectivity index (χ0) is 7.68. The van der Waals surface area contributed by atoms with Crippen LogP contribution in [0.1, 0.15) is 32.1 Å². The number of allylic oxidation sites excluding steroid dienone is 4. The van der Waals surface area contributed by atoms with Gasteiger partial charge in [-0.25, -0.2) is 0 Å². The van der Waals surface area contributed by atoms with Crippen molar-refractivity contribution in [2.75, 3.05) is 0 Å². The van der Waals surface area contributed by atoms with E-state index in [2.05, 4.69) is 32.6 Å². The van der Waals surface area contributed by atoms with Gasteiger partial charge in [0.2, 0.25) is 0 Å². The van der Waals surface area contributed by atoms with Gasteiger partial charge in [0.1, 0.15) is 0 Å². The van der Waals surface area contributed by atoms with Crippen LogP contribution in [0.3, 0.4) is 0 Å². The van der Waals surface area contributed by atoms with E-state index in [1.807, 2.05) is 0 Å². The molecule has 73 valence electrons. The molecule has 0 amide bonds. The topological polar surface area (TPSA) is 0 Å². The number of rotatable bonds is 1. The summed E-state index contributed by atoms with van der Waals surface area (Å²) >= 11 is 2.29. The Morgan fingerprint density at radius 2 is 1.77 bits per heavy atom. The van der Waals surface area contributed by atoms with Crippen LogP contribution in [-0.2, 0) is 20.4 Å². The van der Waals surface area contributed by atoms with Gasteiger partial charge in [-0.3, -0.25) is 9.41 Å². The second-order valence-corrected chi connectivity index (χ2v) is 4.46. The summed E-state index contributed by atoms with van der Waals surface area (Å²) in [5.41, 5.74) is 1.67. The third kappa shape index (κ3) is 2.75. The molecular weight excluding hydrogens is 206 g/mol. The fourth-order valence-corrected chi connectivity index (χ4v) is 2.77. The summed E-state index contributed by atoms with van der Waals surface area (Å²) in [5.74, 6) is 0.925. The first kappa shape index (κ1) is 13.1. The maximum atomic E-state index is 2.35. The van der Waals surface area contributed by atoms with Crippen molar-refractivity contribution in [3.8, 4) is 0 Å². The average molecular weight is 221 g/mol. The van der Waals surface area contributed by atoms with Crippen molar-refractivity contribution in [1.29, 1.82) is 0 Å². The van der Waals surface area contributed by atoms with E-state index in [1.165, 1.54) is 32.1 Å². The SMILES string of the molecule is F.F.[Ti][C]1=C(C2CCCC2)C=CC1. The first-order valence-corrected chi connectivity index (χ1v) is 5.27. The van der Waals surface area contributed by atoms with Gasteiger partial charge >= 0.3 is 80.1 Å². The molecule has 0 saturated heterocycles. The summed E-state index contributed by atoms with van der Waals surface area (Å²) in [6.45, 7) is 0.